The summed E-state index contributed by atoms with van der Waals surface area (Å²) in [6.45, 7) is 0.703. The number of aryl methyl sites for hydroxylation is 1. The van der Waals surface area contributed by atoms with Gasteiger partial charge >= 0.3 is 6.11 Å². The van der Waals surface area contributed by atoms with Gasteiger partial charge in [-0.05, 0) is 35.2 Å². The third-order valence-corrected chi connectivity index (χ3v) is 5.68. The summed E-state index contributed by atoms with van der Waals surface area (Å²) in [6, 6.07) is 15.9. The summed E-state index contributed by atoms with van der Waals surface area (Å²) < 4.78 is 107. The quantitative estimate of drug-likeness (QED) is 0.158. The van der Waals surface area contributed by atoms with E-state index in [9.17, 15) is 30.7 Å². The number of halogens is 7. The van der Waals surface area contributed by atoms with Crippen LogP contribution in [0.1, 0.15) is 18.9 Å². The van der Waals surface area contributed by atoms with E-state index in [1.54, 1.807) is 12.1 Å². The van der Waals surface area contributed by atoms with Crippen LogP contribution in [0.2, 0.25) is 0 Å². The second-order valence-electron chi connectivity index (χ2n) is 8.49. The number of alkyl halides is 2. The fourth-order valence-corrected chi connectivity index (χ4v) is 3.83. The lowest BCUT2D eigenvalue weighted by Gasteiger charge is -2.19. The first-order valence-corrected chi connectivity index (χ1v) is 11.6. The highest BCUT2D eigenvalue weighted by atomic mass is 19.3. The van der Waals surface area contributed by atoms with Crippen molar-refractivity contribution in [2.24, 2.45) is 0 Å². The number of hydrogen-bond donors (Lipinski definition) is 0. The first-order chi connectivity index (χ1) is 18.1. The normalized spacial score (nSPS) is 11.5. The van der Waals surface area contributed by atoms with Gasteiger partial charge in [-0.3, -0.25) is 0 Å². The smallest absolute Gasteiger partial charge is 0.433 e. The van der Waals surface area contributed by atoms with E-state index in [1.165, 1.54) is 36.4 Å². The molecule has 4 rings (SSSR count). The highest BCUT2D eigenvalue weighted by Gasteiger charge is 2.34. The highest BCUT2D eigenvalue weighted by Crippen LogP contribution is 2.33. The molecule has 0 fully saturated rings. The monoisotopic (exact) mass is 534 g/mol. The minimum absolute atomic E-state index is 0.0329. The average molecular weight is 534 g/mol. The van der Waals surface area contributed by atoms with Crippen molar-refractivity contribution in [3.05, 3.63) is 107 Å². The summed E-state index contributed by atoms with van der Waals surface area (Å²) in [5.41, 5.74) is 1.98. The molecule has 0 bridgehead atoms. The molecule has 38 heavy (non-hydrogen) atoms. The van der Waals surface area contributed by atoms with Gasteiger partial charge < -0.3 is 9.47 Å². The molecule has 0 unspecified atom stereocenters. The van der Waals surface area contributed by atoms with Gasteiger partial charge in [0.15, 0.2) is 35.7 Å². The van der Waals surface area contributed by atoms with Crippen LogP contribution in [0.15, 0.2) is 72.8 Å². The van der Waals surface area contributed by atoms with Crippen LogP contribution in [0.25, 0.3) is 22.3 Å². The Morgan fingerprint density at radius 3 is 1.63 bits per heavy atom. The Morgan fingerprint density at radius 1 is 0.632 bits per heavy atom. The van der Waals surface area contributed by atoms with E-state index in [4.69, 9.17) is 4.74 Å². The molecule has 9 heteroatoms. The van der Waals surface area contributed by atoms with Gasteiger partial charge in [0, 0.05) is 23.3 Å². The van der Waals surface area contributed by atoms with Crippen molar-refractivity contribution in [2.75, 3.05) is 6.61 Å². The highest BCUT2D eigenvalue weighted by molar-refractivity contribution is 5.72. The minimum atomic E-state index is -4.02. The molecule has 0 aliphatic heterocycles. The molecule has 0 radical (unpaired) electrons. The van der Waals surface area contributed by atoms with Crippen LogP contribution < -0.4 is 9.47 Å². The molecule has 198 valence electrons. The third-order valence-electron chi connectivity index (χ3n) is 5.68. The molecule has 4 aromatic carbocycles. The van der Waals surface area contributed by atoms with Crippen LogP contribution >= 0.6 is 0 Å². The fraction of sp³-hybridized carbons (Fsp3) is 0.172. The van der Waals surface area contributed by atoms with Gasteiger partial charge in [-0.15, -0.1) is 0 Å². The van der Waals surface area contributed by atoms with Crippen molar-refractivity contribution in [3.63, 3.8) is 0 Å². The summed E-state index contributed by atoms with van der Waals surface area (Å²) in [5.74, 6) is -8.25. The maximum Gasteiger partial charge on any atom is 0.433 e. The van der Waals surface area contributed by atoms with E-state index in [0.29, 0.717) is 5.56 Å². The minimum Gasteiger partial charge on any atom is -0.483 e. The van der Waals surface area contributed by atoms with Gasteiger partial charge in [-0.1, -0.05) is 61.9 Å². The van der Waals surface area contributed by atoms with E-state index in [1.807, 2.05) is 19.1 Å². The van der Waals surface area contributed by atoms with Gasteiger partial charge in [0.25, 0.3) is 0 Å². The number of rotatable bonds is 9. The van der Waals surface area contributed by atoms with Crippen LogP contribution in [0.5, 0.6) is 11.5 Å². The van der Waals surface area contributed by atoms with Gasteiger partial charge in [-0.2, -0.15) is 8.78 Å². The Labute approximate surface area is 214 Å². The van der Waals surface area contributed by atoms with Crippen molar-refractivity contribution in [1.29, 1.82) is 0 Å². The fourth-order valence-electron chi connectivity index (χ4n) is 3.83. The molecule has 0 spiro atoms. The first kappa shape index (κ1) is 27.0. The molecule has 0 amide bonds. The van der Waals surface area contributed by atoms with Gasteiger partial charge in [0.1, 0.15) is 11.5 Å². The lowest BCUT2D eigenvalue weighted by Crippen LogP contribution is -2.32. The van der Waals surface area contributed by atoms with Crippen LogP contribution in [0.4, 0.5) is 30.7 Å². The SMILES string of the molecule is CCCc1ccc(-c2ccc(-c3ccc(OCC(F)(F)Oc4cc(F)c(F)c(F)c4)cc3)c(F)c2F)cc1. The maximum atomic E-state index is 14.9. The Hall–Kier alpha value is -4.01. The van der Waals surface area contributed by atoms with Gasteiger partial charge in [-0.25, -0.2) is 22.0 Å². The molecule has 0 aromatic heterocycles. The third kappa shape index (κ3) is 6.10. The van der Waals surface area contributed by atoms with Crippen molar-refractivity contribution in [3.8, 4) is 33.8 Å². The predicted molar refractivity (Wildman–Crippen MR) is 129 cm³/mol. The molecule has 4 aromatic rings. The standard InChI is InChI=1S/C29H21F7O2/c1-2-3-17-4-6-18(7-5-17)22-12-13-23(27(33)26(22)32)19-8-10-20(11-9-19)37-16-29(35,36)38-21-14-24(30)28(34)25(31)15-21/h4-15H,2-3,16H2,1H3. The zero-order valence-corrected chi connectivity index (χ0v) is 20.0. The van der Waals surface area contributed by atoms with E-state index >= 15 is 0 Å². The Morgan fingerprint density at radius 2 is 1.13 bits per heavy atom. The lowest BCUT2D eigenvalue weighted by molar-refractivity contribution is -0.195. The summed E-state index contributed by atoms with van der Waals surface area (Å²) in [6.07, 6.45) is -2.17. The maximum absolute atomic E-state index is 14.9. The van der Waals surface area contributed by atoms with Crippen molar-refractivity contribution in [2.45, 2.75) is 25.9 Å². The summed E-state index contributed by atoms with van der Waals surface area (Å²) in [4.78, 5) is 0. The molecular formula is C29H21F7O2. The zero-order valence-electron chi connectivity index (χ0n) is 20.0. The number of ether oxygens (including phenoxy) is 2. The van der Waals surface area contributed by atoms with E-state index in [2.05, 4.69) is 4.74 Å². The topological polar surface area (TPSA) is 18.5 Å². The summed E-state index contributed by atoms with van der Waals surface area (Å²) >= 11 is 0. The second kappa shape index (κ2) is 11.2. The molecule has 0 heterocycles. The Balaban J connectivity index is 1.44. The predicted octanol–water partition coefficient (Wildman–Crippen LogP) is 8.72. The Kier molecular flexibility index (Phi) is 7.94. The van der Waals surface area contributed by atoms with E-state index in [-0.39, 0.29) is 34.6 Å². The lowest BCUT2D eigenvalue weighted by atomic mass is 9.97. The summed E-state index contributed by atoms with van der Waals surface area (Å²) in [5, 5.41) is 0. The van der Waals surface area contributed by atoms with Crippen molar-refractivity contribution in [1.82, 2.24) is 0 Å². The van der Waals surface area contributed by atoms with Crippen LogP contribution in [-0.4, -0.2) is 12.7 Å². The molecule has 0 aliphatic carbocycles. The molecule has 0 atom stereocenters. The molecule has 0 aliphatic rings. The molecule has 0 saturated carbocycles. The second-order valence-corrected chi connectivity index (χ2v) is 8.49. The molecular weight excluding hydrogens is 513 g/mol. The van der Waals surface area contributed by atoms with Gasteiger partial charge in [0.2, 0.25) is 0 Å². The molecule has 2 nitrogen and oxygen atoms in total. The number of benzene rings is 4. The van der Waals surface area contributed by atoms with Crippen LogP contribution in [0.3, 0.4) is 0 Å². The van der Waals surface area contributed by atoms with Gasteiger partial charge in [0.05, 0.1) is 0 Å². The van der Waals surface area contributed by atoms with Crippen LogP contribution in [-0.2, 0) is 6.42 Å². The van der Waals surface area contributed by atoms with Crippen molar-refractivity contribution < 1.29 is 40.2 Å². The largest absolute Gasteiger partial charge is 0.483 e. The number of hydrogen-bond acceptors (Lipinski definition) is 2. The first-order valence-electron chi connectivity index (χ1n) is 11.6. The van der Waals surface area contributed by atoms with E-state index < -0.39 is 47.6 Å². The van der Waals surface area contributed by atoms with Crippen molar-refractivity contribution >= 4 is 0 Å². The summed E-state index contributed by atoms with van der Waals surface area (Å²) in [7, 11) is 0. The van der Waals surface area contributed by atoms with Crippen LogP contribution in [0, 0.1) is 29.1 Å². The Bertz CT molecular complexity index is 1400. The zero-order chi connectivity index (χ0) is 27.4. The molecule has 0 N–H and O–H groups in total. The van der Waals surface area contributed by atoms with E-state index in [0.717, 1.165) is 18.4 Å². The molecule has 0 saturated heterocycles. The average Bonchev–Trinajstić information content (AvgIpc) is 2.89.